The average Bonchev–Trinajstić information content (AvgIpc) is 2.46. The third-order valence-electron chi connectivity index (χ3n) is 2.89. The molecule has 6 nitrogen and oxygen atoms in total. The Morgan fingerprint density at radius 1 is 1.00 bits per heavy atom. The molecule has 0 fully saturated rings. The van der Waals surface area contributed by atoms with Crippen LogP contribution in [0.4, 0.5) is 5.69 Å². The van der Waals surface area contributed by atoms with Crippen molar-refractivity contribution >= 4 is 27.4 Å². The Hall–Kier alpha value is -2.67. The number of benzene rings is 2. The lowest BCUT2D eigenvalue weighted by Gasteiger charge is -2.07. The number of aromatic carboxylic acids is 1. The first-order valence-corrected chi connectivity index (χ1v) is 8.11. The Labute approximate surface area is 127 Å². The van der Waals surface area contributed by atoms with E-state index in [1.54, 1.807) is 6.07 Å². The van der Waals surface area contributed by atoms with E-state index in [-0.39, 0.29) is 16.0 Å². The first-order chi connectivity index (χ1) is 10.3. The summed E-state index contributed by atoms with van der Waals surface area (Å²) in [4.78, 5) is 23.0. The number of rotatable bonds is 4. The molecule has 7 heteroatoms. The van der Waals surface area contributed by atoms with Gasteiger partial charge < -0.3 is 10.4 Å². The van der Waals surface area contributed by atoms with Crippen molar-refractivity contribution in [2.24, 2.45) is 0 Å². The number of sulfone groups is 1. The van der Waals surface area contributed by atoms with Crippen molar-refractivity contribution in [1.82, 2.24) is 0 Å². The molecule has 0 bridgehead atoms. The van der Waals surface area contributed by atoms with E-state index >= 15 is 0 Å². The molecule has 2 N–H and O–H groups in total. The molecule has 0 saturated heterocycles. The van der Waals surface area contributed by atoms with Gasteiger partial charge in [-0.1, -0.05) is 12.1 Å². The minimum Gasteiger partial charge on any atom is -0.478 e. The fourth-order valence-corrected chi connectivity index (χ4v) is 2.47. The summed E-state index contributed by atoms with van der Waals surface area (Å²) >= 11 is 0. The monoisotopic (exact) mass is 319 g/mol. The van der Waals surface area contributed by atoms with Crippen LogP contribution in [0.25, 0.3) is 0 Å². The van der Waals surface area contributed by atoms with Crippen LogP contribution >= 0.6 is 0 Å². The molecule has 0 heterocycles. The summed E-state index contributed by atoms with van der Waals surface area (Å²) in [5.74, 6) is -1.62. The van der Waals surface area contributed by atoms with Gasteiger partial charge in [0.15, 0.2) is 9.84 Å². The fourth-order valence-electron chi connectivity index (χ4n) is 1.80. The first kappa shape index (κ1) is 15.7. The van der Waals surface area contributed by atoms with Crippen molar-refractivity contribution in [2.75, 3.05) is 11.6 Å². The molecular weight excluding hydrogens is 306 g/mol. The number of hydrogen-bond donors (Lipinski definition) is 2. The Morgan fingerprint density at radius 2 is 1.64 bits per heavy atom. The molecule has 0 radical (unpaired) electrons. The minimum absolute atomic E-state index is 0.0411. The lowest BCUT2D eigenvalue weighted by atomic mass is 10.2. The zero-order valence-corrected chi connectivity index (χ0v) is 12.4. The molecule has 0 saturated carbocycles. The maximum absolute atomic E-state index is 12.1. The summed E-state index contributed by atoms with van der Waals surface area (Å²) in [7, 11) is -3.41. The van der Waals surface area contributed by atoms with Gasteiger partial charge in [-0.3, -0.25) is 4.79 Å². The van der Waals surface area contributed by atoms with Gasteiger partial charge in [-0.2, -0.15) is 0 Å². The summed E-state index contributed by atoms with van der Waals surface area (Å²) in [5, 5.41) is 11.4. The number of nitrogens with one attached hydrogen (secondary N) is 1. The molecule has 22 heavy (non-hydrogen) atoms. The van der Waals surface area contributed by atoms with Crippen molar-refractivity contribution in [1.29, 1.82) is 0 Å². The number of anilines is 1. The van der Waals surface area contributed by atoms with E-state index < -0.39 is 21.7 Å². The van der Waals surface area contributed by atoms with Gasteiger partial charge in [0.2, 0.25) is 0 Å². The molecule has 2 aromatic carbocycles. The highest BCUT2D eigenvalue weighted by Crippen LogP contribution is 2.15. The SMILES string of the molecule is CS(=O)(=O)c1cccc(C(=O)Nc2cccc(C(=O)O)c2)c1. The molecule has 0 unspecified atom stereocenters. The van der Waals surface area contributed by atoms with Crippen LogP contribution < -0.4 is 5.32 Å². The van der Waals surface area contributed by atoms with Crippen molar-refractivity contribution in [2.45, 2.75) is 4.90 Å². The van der Waals surface area contributed by atoms with Crippen molar-refractivity contribution in [3.05, 3.63) is 59.7 Å². The minimum atomic E-state index is -3.41. The Bertz CT molecular complexity index is 843. The van der Waals surface area contributed by atoms with Crippen LogP contribution in [-0.2, 0) is 9.84 Å². The van der Waals surface area contributed by atoms with E-state index in [1.807, 2.05) is 0 Å². The molecule has 0 aliphatic heterocycles. The molecule has 2 aromatic rings. The van der Waals surface area contributed by atoms with Gasteiger partial charge in [0.05, 0.1) is 10.5 Å². The Kier molecular flexibility index (Phi) is 4.27. The van der Waals surface area contributed by atoms with Gasteiger partial charge in [0.1, 0.15) is 0 Å². The van der Waals surface area contributed by atoms with Gasteiger partial charge in [-0.25, -0.2) is 13.2 Å². The van der Waals surface area contributed by atoms with Crippen LogP contribution in [0, 0.1) is 0 Å². The van der Waals surface area contributed by atoms with E-state index in [0.29, 0.717) is 5.69 Å². The summed E-state index contributed by atoms with van der Waals surface area (Å²) in [6.45, 7) is 0. The number of carbonyl (C=O) groups excluding carboxylic acids is 1. The van der Waals surface area contributed by atoms with Crippen molar-refractivity contribution < 1.29 is 23.1 Å². The quantitative estimate of drug-likeness (QED) is 0.898. The zero-order valence-electron chi connectivity index (χ0n) is 11.6. The smallest absolute Gasteiger partial charge is 0.335 e. The average molecular weight is 319 g/mol. The number of carbonyl (C=O) groups is 2. The molecule has 1 amide bonds. The van der Waals surface area contributed by atoms with Crippen molar-refractivity contribution in [3.63, 3.8) is 0 Å². The van der Waals surface area contributed by atoms with Crippen LogP contribution in [0.3, 0.4) is 0 Å². The lowest BCUT2D eigenvalue weighted by molar-refractivity contribution is 0.0696. The second-order valence-electron chi connectivity index (χ2n) is 4.64. The van der Waals surface area contributed by atoms with Gasteiger partial charge in [0, 0.05) is 17.5 Å². The van der Waals surface area contributed by atoms with Gasteiger partial charge in [-0.15, -0.1) is 0 Å². The number of amides is 1. The topological polar surface area (TPSA) is 101 Å². The largest absolute Gasteiger partial charge is 0.478 e. The lowest BCUT2D eigenvalue weighted by Crippen LogP contribution is -2.13. The molecule has 0 atom stereocenters. The van der Waals surface area contributed by atoms with Gasteiger partial charge in [0.25, 0.3) is 5.91 Å². The predicted molar refractivity (Wildman–Crippen MR) is 80.9 cm³/mol. The summed E-state index contributed by atoms with van der Waals surface area (Å²) < 4.78 is 23.0. The molecule has 0 aromatic heterocycles. The summed E-state index contributed by atoms with van der Waals surface area (Å²) in [6.07, 6.45) is 1.06. The van der Waals surface area contributed by atoms with Crippen LogP contribution in [0.1, 0.15) is 20.7 Å². The van der Waals surface area contributed by atoms with Gasteiger partial charge >= 0.3 is 5.97 Å². The van der Waals surface area contributed by atoms with E-state index in [2.05, 4.69) is 5.32 Å². The number of hydrogen-bond acceptors (Lipinski definition) is 4. The Balaban J connectivity index is 2.26. The molecule has 0 aliphatic rings. The van der Waals surface area contributed by atoms with Gasteiger partial charge in [-0.05, 0) is 36.4 Å². The Morgan fingerprint density at radius 3 is 2.27 bits per heavy atom. The second kappa shape index (κ2) is 5.98. The van der Waals surface area contributed by atoms with E-state index in [9.17, 15) is 18.0 Å². The normalized spacial score (nSPS) is 11.0. The second-order valence-corrected chi connectivity index (χ2v) is 6.66. The highest BCUT2D eigenvalue weighted by Gasteiger charge is 2.12. The molecule has 114 valence electrons. The molecule has 0 spiro atoms. The van der Waals surface area contributed by atoms with Crippen LogP contribution in [0.2, 0.25) is 0 Å². The van der Waals surface area contributed by atoms with E-state index in [4.69, 9.17) is 5.11 Å². The third kappa shape index (κ3) is 3.70. The zero-order chi connectivity index (χ0) is 16.3. The third-order valence-corrected chi connectivity index (χ3v) is 4.00. The van der Waals surface area contributed by atoms with Crippen molar-refractivity contribution in [3.8, 4) is 0 Å². The first-order valence-electron chi connectivity index (χ1n) is 6.22. The number of carboxylic acids is 1. The fraction of sp³-hybridized carbons (Fsp3) is 0.0667. The van der Waals surface area contributed by atoms with Crippen LogP contribution in [-0.4, -0.2) is 31.7 Å². The summed E-state index contributed by atoms with van der Waals surface area (Å²) in [5.41, 5.74) is 0.529. The molecule has 2 rings (SSSR count). The molecular formula is C15H13NO5S. The summed E-state index contributed by atoms with van der Waals surface area (Å²) in [6, 6.07) is 11.4. The number of carboxylic acid groups (broad SMARTS) is 1. The predicted octanol–water partition coefficient (Wildman–Crippen LogP) is 2.04. The van der Waals surface area contributed by atoms with E-state index in [1.165, 1.54) is 42.5 Å². The van der Waals surface area contributed by atoms with E-state index in [0.717, 1.165) is 6.26 Å². The standard InChI is InChI=1S/C15H13NO5S/c1-22(20,21)13-7-3-4-10(9-13)14(17)16-12-6-2-5-11(8-12)15(18)19/h2-9H,1H3,(H,16,17)(H,18,19). The maximum Gasteiger partial charge on any atom is 0.335 e. The highest BCUT2D eigenvalue weighted by atomic mass is 32.2. The van der Waals surface area contributed by atoms with Crippen LogP contribution in [0.5, 0.6) is 0 Å². The maximum atomic E-state index is 12.1. The molecule has 0 aliphatic carbocycles. The van der Waals surface area contributed by atoms with Crippen LogP contribution in [0.15, 0.2) is 53.4 Å². The highest BCUT2D eigenvalue weighted by molar-refractivity contribution is 7.90.